The molecule has 1 rings (SSSR count). The van der Waals surface area contributed by atoms with Gasteiger partial charge in [-0.25, -0.2) is 0 Å². The number of carbonyl (C=O) groups excluding carboxylic acids is 1. The smallest absolute Gasteiger partial charge is 0.140 e. The summed E-state index contributed by atoms with van der Waals surface area (Å²) < 4.78 is 0. The van der Waals surface area contributed by atoms with Crippen molar-refractivity contribution in [3.8, 4) is 0 Å². The van der Waals surface area contributed by atoms with Gasteiger partial charge in [0.25, 0.3) is 0 Å². The van der Waals surface area contributed by atoms with Crippen molar-refractivity contribution in [1.82, 2.24) is 5.32 Å². The lowest BCUT2D eigenvalue weighted by molar-refractivity contribution is -0.125. The van der Waals surface area contributed by atoms with Crippen LogP contribution in [0.15, 0.2) is 0 Å². The molecule has 1 aliphatic rings. The molecule has 0 aliphatic carbocycles. The van der Waals surface area contributed by atoms with Crippen LogP contribution in [0.4, 0.5) is 0 Å². The summed E-state index contributed by atoms with van der Waals surface area (Å²) in [5.41, 5.74) is 0. The van der Waals surface area contributed by atoms with Gasteiger partial charge in [-0.1, -0.05) is 20.3 Å². The highest BCUT2D eigenvalue weighted by Crippen LogP contribution is 2.17. The molecule has 12 heavy (non-hydrogen) atoms. The number of hydrogen-bond donors (Lipinski definition) is 1. The number of hydrogen-bond acceptors (Lipinski definition) is 2. The first kappa shape index (κ1) is 9.72. The second-order valence-electron chi connectivity index (χ2n) is 3.78. The van der Waals surface area contributed by atoms with Gasteiger partial charge in [0.15, 0.2) is 0 Å². The Morgan fingerprint density at radius 1 is 1.67 bits per heavy atom. The standard InChI is InChI=1S/C10H19NO/c1-3-4-8(2)10(12)9-5-6-11-7-9/h8-9,11H,3-7H2,1-2H3/t8?,9-/m0/s1. The second-order valence-corrected chi connectivity index (χ2v) is 3.78. The third-order valence-electron chi connectivity index (χ3n) is 2.67. The van der Waals surface area contributed by atoms with Crippen molar-refractivity contribution in [3.63, 3.8) is 0 Å². The van der Waals surface area contributed by atoms with Gasteiger partial charge < -0.3 is 5.32 Å². The molecular weight excluding hydrogens is 150 g/mol. The summed E-state index contributed by atoms with van der Waals surface area (Å²) in [5, 5.41) is 3.23. The first-order valence-corrected chi connectivity index (χ1v) is 5.00. The Labute approximate surface area is 74.7 Å². The maximum atomic E-state index is 11.7. The maximum absolute atomic E-state index is 11.7. The fraction of sp³-hybridized carbons (Fsp3) is 0.900. The van der Waals surface area contributed by atoms with Crippen LogP contribution in [0.2, 0.25) is 0 Å². The molecule has 0 bridgehead atoms. The molecule has 0 aromatic heterocycles. The molecule has 1 aliphatic heterocycles. The average molecular weight is 169 g/mol. The molecule has 1 heterocycles. The molecule has 1 fully saturated rings. The molecule has 1 saturated heterocycles. The predicted octanol–water partition coefficient (Wildman–Crippen LogP) is 1.60. The van der Waals surface area contributed by atoms with Crippen molar-refractivity contribution in [2.75, 3.05) is 13.1 Å². The first-order chi connectivity index (χ1) is 5.75. The van der Waals surface area contributed by atoms with Gasteiger partial charge in [0.2, 0.25) is 0 Å². The molecule has 70 valence electrons. The van der Waals surface area contributed by atoms with E-state index < -0.39 is 0 Å². The van der Waals surface area contributed by atoms with Crippen molar-refractivity contribution < 1.29 is 4.79 Å². The van der Waals surface area contributed by atoms with E-state index >= 15 is 0 Å². The minimum Gasteiger partial charge on any atom is -0.316 e. The molecule has 2 heteroatoms. The van der Waals surface area contributed by atoms with Crippen molar-refractivity contribution in [2.45, 2.75) is 33.1 Å². The second kappa shape index (κ2) is 4.61. The van der Waals surface area contributed by atoms with E-state index in [1.54, 1.807) is 0 Å². The summed E-state index contributed by atoms with van der Waals surface area (Å²) in [5.74, 6) is 1.06. The van der Waals surface area contributed by atoms with Crippen LogP contribution in [-0.2, 0) is 4.79 Å². The van der Waals surface area contributed by atoms with Gasteiger partial charge in [-0.3, -0.25) is 4.79 Å². The Morgan fingerprint density at radius 2 is 2.42 bits per heavy atom. The summed E-state index contributed by atoms with van der Waals surface area (Å²) in [6, 6.07) is 0. The Morgan fingerprint density at radius 3 is 2.92 bits per heavy atom. The van der Waals surface area contributed by atoms with Gasteiger partial charge in [-0.2, -0.15) is 0 Å². The molecular formula is C10H19NO. The molecule has 0 aromatic carbocycles. The zero-order chi connectivity index (χ0) is 8.97. The lowest BCUT2D eigenvalue weighted by atomic mass is 9.90. The number of rotatable bonds is 4. The summed E-state index contributed by atoms with van der Waals surface area (Å²) in [7, 11) is 0. The van der Waals surface area contributed by atoms with Gasteiger partial charge >= 0.3 is 0 Å². The zero-order valence-electron chi connectivity index (χ0n) is 8.10. The lowest BCUT2D eigenvalue weighted by Gasteiger charge is -2.13. The minimum atomic E-state index is 0.278. The Bertz CT molecular complexity index is 150. The average Bonchev–Trinajstić information content (AvgIpc) is 2.55. The fourth-order valence-electron chi connectivity index (χ4n) is 1.88. The number of carbonyl (C=O) groups is 1. The van der Waals surface area contributed by atoms with E-state index in [0.717, 1.165) is 32.4 Å². The quantitative estimate of drug-likeness (QED) is 0.692. The Kier molecular flexibility index (Phi) is 3.73. The minimum absolute atomic E-state index is 0.278. The Hall–Kier alpha value is -0.370. The predicted molar refractivity (Wildman–Crippen MR) is 50.1 cm³/mol. The first-order valence-electron chi connectivity index (χ1n) is 5.00. The van der Waals surface area contributed by atoms with E-state index in [2.05, 4.69) is 19.2 Å². The van der Waals surface area contributed by atoms with Crippen LogP contribution in [0, 0.1) is 11.8 Å². The number of ketones is 1. The normalized spacial score (nSPS) is 25.7. The van der Waals surface area contributed by atoms with Crippen LogP contribution in [0.3, 0.4) is 0 Å². The topological polar surface area (TPSA) is 29.1 Å². The van der Waals surface area contributed by atoms with Gasteiger partial charge in [0.05, 0.1) is 0 Å². The molecule has 0 amide bonds. The van der Waals surface area contributed by atoms with E-state index in [9.17, 15) is 4.79 Å². The van der Waals surface area contributed by atoms with Crippen LogP contribution in [0.1, 0.15) is 33.1 Å². The SMILES string of the molecule is CCCC(C)C(=O)[C@H]1CCNC1. The van der Waals surface area contributed by atoms with E-state index in [4.69, 9.17) is 0 Å². The highest BCUT2D eigenvalue weighted by atomic mass is 16.1. The maximum Gasteiger partial charge on any atom is 0.140 e. The summed E-state index contributed by atoms with van der Waals surface area (Å²) >= 11 is 0. The molecule has 0 saturated carbocycles. The number of nitrogens with one attached hydrogen (secondary N) is 1. The van der Waals surface area contributed by atoms with Gasteiger partial charge in [-0.05, 0) is 19.4 Å². The highest BCUT2D eigenvalue weighted by molar-refractivity contribution is 5.83. The van der Waals surface area contributed by atoms with Crippen molar-refractivity contribution >= 4 is 5.78 Å². The molecule has 2 atom stereocenters. The van der Waals surface area contributed by atoms with Gasteiger partial charge in [0.1, 0.15) is 5.78 Å². The van der Waals surface area contributed by atoms with Crippen LogP contribution >= 0.6 is 0 Å². The summed E-state index contributed by atoms with van der Waals surface area (Å²) in [6.45, 7) is 6.13. The van der Waals surface area contributed by atoms with Crippen LogP contribution in [0.25, 0.3) is 0 Å². The third-order valence-corrected chi connectivity index (χ3v) is 2.67. The summed E-state index contributed by atoms with van der Waals surface area (Å²) in [4.78, 5) is 11.7. The van der Waals surface area contributed by atoms with Crippen molar-refractivity contribution in [2.24, 2.45) is 11.8 Å². The van der Waals surface area contributed by atoms with Crippen LogP contribution in [0.5, 0.6) is 0 Å². The van der Waals surface area contributed by atoms with Crippen LogP contribution in [-0.4, -0.2) is 18.9 Å². The molecule has 0 spiro atoms. The largest absolute Gasteiger partial charge is 0.316 e. The molecule has 0 aromatic rings. The van der Waals surface area contributed by atoms with E-state index in [-0.39, 0.29) is 5.92 Å². The van der Waals surface area contributed by atoms with E-state index in [1.807, 2.05) is 0 Å². The molecule has 1 unspecified atom stereocenters. The fourth-order valence-corrected chi connectivity index (χ4v) is 1.88. The van der Waals surface area contributed by atoms with Crippen LogP contribution < -0.4 is 5.32 Å². The highest BCUT2D eigenvalue weighted by Gasteiger charge is 2.25. The van der Waals surface area contributed by atoms with Gasteiger partial charge in [0, 0.05) is 18.4 Å². The van der Waals surface area contributed by atoms with E-state index in [0.29, 0.717) is 11.7 Å². The van der Waals surface area contributed by atoms with Gasteiger partial charge in [-0.15, -0.1) is 0 Å². The zero-order valence-corrected chi connectivity index (χ0v) is 8.10. The monoisotopic (exact) mass is 169 g/mol. The summed E-state index contributed by atoms with van der Waals surface area (Å²) in [6.07, 6.45) is 3.22. The third kappa shape index (κ3) is 2.31. The lowest BCUT2D eigenvalue weighted by Crippen LogP contribution is -2.23. The Balaban J connectivity index is 2.34. The molecule has 0 radical (unpaired) electrons. The van der Waals surface area contributed by atoms with Crippen molar-refractivity contribution in [3.05, 3.63) is 0 Å². The number of Topliss-reactive ketones (excluding diaryl/α,β-unsaturated/α-hetero) is 1. The molecule has 1 N–H and O–H groups in total. The molecule has 2 nitrogen and oxygen atoms in total. The van der Waals surface area contributed by atoms with Crippen molar-refractivity contribution in [1.29, 1.82) is 0 Å². The van der Waals surface area contributed by atoms with E-state index in [1.165, 1.54) is 0 Å².